The van der Waals surface area contributed by atoms with E-state index in [1.165, 1.54) is 7.05 Å². The molecule has 7 heteroatoms. The van der Waals surface area contributed by atoms with Crippen LogP contribution in [0.3, 0.4) is 0 Å². The molecule has 0 aromatic heterocycles. The predicted molar refractivity (Wildman–Crippen MR) is 96.1 cm³/mol. The molecule has 2 amide bonds. The Labute approximate surface area is 151 Å². The highest BCUT2D eigenvalue weighted by Crippen LogP contribution is 2.15. The van der Waals surface area contributed by atoms with Gasteiger partial charge in [0.05, 0.1) is 0 Å². The Balaban J connectivity index is 1.75. The fourth-order valence-corrected chi connectivity index (χ4v) is 2.09. The Morgan fingerprint density at radius 1 is 0.962 bits per heavy atom. The molecular formula is C19H20N2O5. The highest BCUT2D eigenvalue weighted by Gasteiger charge is 2.10. The van der Waals surface area contributed by atoms with Gasteiger partial charge in [-0.2, -0.15) is 0 Å². The van der Waals surface area contributed by atoms with Crippen LogP contribution in [0.25, 0.3) is 0 Å². The van der Waals surface area contributed by atoms with Gasteiger partial charge in [-0.3, -0.25) is 9.59 Å². The van der Waals surface area contributed by atoms with Crippen molar-refractivity contribution in [3.8, 4) is 5.75 Å². The normalized spacial score (nSPS) is 9.92. The van der Waals surface area contributed by atoms with E-state index in [1.54, 1.807) is 36.4 Å². The third-order valence-corrected chi connectivity index (χ3v) is 3.46. The van der Waals surface area contributed by atoms with Gasteiger partial charge in [-0.15, -0.1) is 0 Å². The Morgan fingerprint density at radius 3 is 2.31 bits per heavy atom. The number of hydrogen-bond acceptors (Lipinski definition) is 5. The van der Waals surface area contributed by atoms with Crippen molar-refractivity contribution in [3.05, 3.63) is 59.7 Å². The molecule has 26 heavy (non-hydrogen) atoms. The minimum Gasteiger partial charge on any atom is -0.482 e. The molecule has 0 unspecified atom stereocenters. The van der Waals surface area contributed by atoms with Gasteiger partial charge in [-0.25, -0.2) is 4.79 Å². The van der Waals surface area contributed by atoms with Crippen LogP contribution in [-0.2, 0) is 14.3 Å². The third-order valence-electron chi connectivity index (χ3n) is 3.46. The molecule has 2 N–H and O–H groups in total. The number of aryl methyl sites for hydroxylation is 1. The van der Waals surface area contributed by atoms with Crippen molar-refractivity contribution in [1.82, 2.24) is 5.32 Å². The van der Waals surface area contributed by atoms with E-state index >= 15 is 0 Å². The lowest BCUT2D eigenvalue weighted by molar-refractivity contribution is -0.149. The number of nitrogens with one attached hydrogen (secondary N) is 2. The molecule has 0 radical (unpaired) electrons. The van der Waals surface area contributed by atoms with Crippen molar-refractivity contribution in [2.24, 2.45) is 0 Å². The first-order valence-corrected chi connectivity index (χ1v) is 7.95. The van der Waals surface area contributed by atoms with Crippen LogP contribution in [0, 0.1) is 6.92 Å². The van der Waals surface area contributed by atoms with E-state index in [1.807, 2.05) is 19.1 Å². The summed E-state index contributed by atoms with van der Waals surface area (Å²) < 4.78 is 10.2. The molecule has 7 nitrogen and oxygen atoms in total. The lowest BCUT2D eigenvalue weighted by Gasteiger charge is -2.09. The Morgan fingerprint density at radius 2 is 1.65 bits per heavy atom. The van der Waals surface area contributed by atoms with Crippen LogP contribution in [0.5, 0.6) is 5.75 Å². The second-order valence-corrected chi connectivity index (χ2v) is 5.42. The van der Waals surface area contributed by atoms with Crippen LogP contribution >= 0.6 is 0 Å². The van der Waals surface area contributed by atoms with Gasteiger partial charge in [-0.05, 0) is 42.8 Å². The zero-order valence-electron chi connectivity index (χ0n) is 14.6. The van der Waals surface area contributed by atoms with E-state index in [0.717, 1.165) is 5.56 Å². The molecular weight excluding hydrogens is 336 g/mol. The fraction of sp³-hybridized carbons (Fsp3) is 0.211. The summed E-state index contributed by atoms with van der Waals surface area (Å²) in [6, 6.07) is 13.6. The minimum atomic E-state index is -0.640. The fourth-order valence-electron chi connectivity index (χ4n) is 2.09. The number of benzene rings is 2. The van der Waals surface area contributed by atoms with Gasteiger partial charge in [0.2, 0.25) is 0 Å². The maximum Gasteiger partial charge on any atom is 0.344 e. The molecule has 0 spiro atoms. The van der Waals surface area contributed by atoms with Crippen molar-refractivity contribution in [3.63, 3.8) is 0 Å². The molecule has 0 atom stereocenters. The number of esters is 1. The predicted octanol–water partition coefficient (Wildman–Crippen LogP) is 1.92. The van der Waals surface area contributed by atoms with E-state index in [0.29, 0.717) is 17.0 Å². The van der Waals surface area contributed by atoms with Crippen molar-refractivity contribution in [2.75, 3.05) is 25.6 Å². The number of carbonyl (C=O) groups excluding carboxylic acids is 3. The molecule has 2 rings (SSSR count). The highest BCUT2D eigenvalue weighted by molar-refractivity contribution is 5.96. The Hall–Kier alpha value is -3.35. The van der Waals surface area contributed by atoms with E-state index < -0.39 is 18.5 Å². The van der Waals surface area contributed by atoms with E-state index in [-0.39, 0.29) is 12.5 Å². The third kappa shape index (κ3) is 5.62. The average Bonchev–Trinajstić information content (AvgIpc) is 2.65. The van der Waals surface area contributed by atoms with Gasteiger partial charge in [0.15, 0.2) is 13.2 Å². The maximum absolute atomic E-state index is 11.8. The average molecular weight is 356 g/mol. The Kier molecular flexibility index (Phi) is 6.73. The van der Waals surface area contributed by atoms with Gasteiger partial charge >= 0.3 is 5.97 Å². The van der Waals surface area contributed by atoms with Crippen LogP contribution in [0.2, 0.25) is 0 Å². The van der Waals surface area contributed by atoms with E-state index in [9.17, 15) is 14.4 Å². The van der Waals surface area contributed by atoms with Crippen molar-refractivity contribution in [2.45, 2.75) is 6.92 Å². The van der Waals surface area contributed by atoms with Crippen LogP contribution in [0.15, 0.2) is 48.5 Å². The molecule has 0 heterocycles. The number of carbonyl (C=O) groups is 3. The number of rotatable bonds is 7. The zero-order chi connectivity index (χ0) is 18.9. The van der Waals surface area contributed by atoms with Crippen LogP contribution in [0.4, 0.5) is 5.69 Å². The molecule has 136 valence electrons. The summed E-state index contributed by atoms with van der Waals surface area (Å²) in [6.45, 7) is 1.16. The molecule has 0 aliphatic rings. The summed E-state index contributed by atoms with van der Waals surface area (Å²) in [5.41, 5.74) is 1.87. The lowest BCUT2D eigenvalue weighted by atomic mass is 10.2. The number of ether oxygens (including phenoxy) is 2. The summed E-state index contributed by atoms with van der Waals surface area (Å²) in [7, 11) is 1.54. The van der Waals surface area contributed by atoms with Crippen LogP contribution < -0.4 is 15.4 Å². The number of amides is 2. The molecule has 0 saturated heterocycles. The van der Waals surface area contributed by atoms with Gasteiger partial charge in [-0.1, -0.05) is 18.2 Å². The standard InChI is InChI=1S/C19H20N2O5/c1-13-5-3-4-6-16(13)25-12-18(23)26-11-17(22)21-15-9-7-14(8-10-15)19(24)20-2/h3-10H,11-12H2,1-2H3,(H,20,24)(H,21,22). The van der Waals surface area contributed by atoms with Gasteiger partial charge in [0, 0.05) is 18.3 Å². The SMILES string of the molecule is CNC(=O)c1ccc(NC(=O)COC(=O)COc2ccccc2C)cc1. The summed E-state index contributed by atoms with van der Waals surface area (Å²) >= 11 is 0. The second kappa shape index (κ2) is 9.22. The van der Waals surface area contributed by atoms with Crippen molar-refractivity contribution >= 4 is 23.5 Å². The minimum absolute atomic E-state index is 0.217. The van der Waals surface area contributed by atoms with Crippen LogP contribution in [-0.4, -0.2) is 38.0 Å². The van der Waals surface area contributed by atoms with E-state index in [4.69, 9.17) is 9.47 Å². The first kappa shape index (κ1) is 19.0. The van der Waals surface area contributed by atoms with Crippen molar-refractivity contribution in [1.29, 1.82) is 0 Å². The molecule has 2 aromatic rings. The maximum atomic E-state index is 11.8. The first-order valence-electron chi connectivity index (χ1n) is 7.95. The molecule has 0 aliphatic carbocycles. The summed E-state index contributed by atoms with van der Waals surface area (Å²) in [5, 5.41) is 5.08. The topological polar surface area (TPSA) is 93.7 Å². The van der Waals surface area contributed by atoms with Crippen LogP contribution in [0.1, 0.15) is 15.9 Å². The first-order chi connectivity index (χ1) is 12.5. The Bertz CT molecular complexity index is 787. The lowest BCUT2D eigenvalue weighted by Crippen LogP contribution is -2.24. The second-order valence-electron chi connectivity index (χ2n) is 5.42. The summed E-state index contributed by atoms with van der Waals surface area (Å²) in [6.07, 6.45) is 0. The summed E-state index contributed by atoms with van der Waals surface area (Å²) in [5.74, 6) is -0.754. The molecule has 0 saturated carbocycles. The number of anilines is 1. The van der Waals surface area contributed by atoms with Gasteiger partial charge in [0.25, 0.3) is 11.8 Å². The van der Waals surface area contributed by atoms with Gasteiger partial charge in [0.1, 0.15) is 5.75 Å². The number of para-hydroxylation sites is 1. The molecule has 2 aromatic carbocycles. The number of hydrogen-bond donors (Lipinski definition) is 2. The molecule has 0 bridgehead atoms. The quantitative estimate of drug-likeness (QED) is 0.739. The highest BCUT2D eigenvalue weighted by atomic mass is 16.6. The largest absolute Gasteiger partial charge is 0.482 e. The molecule has 0 fully saturated rings. The summed E-state index contributed by atoms with van der Waals surface area (Å²) in [4.78, 5) is 34.9. The smallest absolute Gasteiger partial charge is 0.344 e. The molecule has 0 aliphatic heterocycles. The zero-order valence-corrected chi connectivity index (χ0v) is 14.6. The van der Waals surface area contributed by atoms with E-state index in [2.05, 4.69) is 10.6 Å². The van der Waals surface area contributed by atoms with Gasteiger partial charge < -0.3 is 20.1 Å². The van der Waals surface area contributed by atoms with Crippen molar-refractivity contribution < 1.29 is 23.9 Å². The monoisotopic (exact) mass is 356 g/mol.